The van der Waals surface area contributed by atoms with E-state index in [1.54, 1.807) is 13.2 Å². The summed E-state index contributed by atoms with van der Waals surface area (Å²) in [6, 6.07) is 12.2. The fraction of sp³-hybridized carbons (Fsp3) is 0.188. The number of thiocarbonyl (C=S) groups is 1. The fourth-order valence-electron chi connectivity index (χ4n) is 1.91. The van der Waals surface area contributed by atoms with Crippen molar-refractivity contribution >= 4 is 34.6 Å². The van der Waals surface area contributed by atoms with Gasteiger partial charge in [0.2, 0.25) is 0 Å². The molecule has 2 rings (SSSR count). The molecular weight excluding hydrogens is 323 g/mol. The van der Waals surface area contributed by atoms with E-state index in [1.807, 2.05) is 36.2 Å². The number of halogens is 2. The van der Waals surface area contributed by atoms with Crippen LogP contribution in [0.25, 0.3) is 0 Å². The molecule has 0 amide bonds. The van der Waals surface area contributed by atoms with E-state index in [0.717, 1.165) is 11.3 Å². The van der Waals surface area contributed by atoms with E-state index in [-0.39, 0.29) is 5.02 Å². The minimum atomic E-state index is -0.456. The van der Waals surface area contributed by atoms with Gasteiger partial charge in [-0.1, -0.05) is 23.7 Å². The molecule has 1 N–H and O–H groups in total. The van der Waals surface area contributed by atoms with Crippen LogP contribution in [0.2, 0.25) is 5.02 Å². The van der Waals surface area contributed by atoms with Crippen molar-refractivity contribution in [2.45, 2.75) is 6.54 Å². The molecule has 0 aliphatic carbocycles. The van der Waals surface area contributed by atoms with Gasteiger partial charge >= 0.3 is 0 Å². The van der Waals surface area contributed by atoms with Gasteiger partial charge in [-0.15, -0.1) is 0 Å². The molecule has 2 aromatic carbocycles. The fourth-order valence-corrected chi connectivity index (χ4v) is 2.27. The molecule has 116 valence electrons. The van der Waals surface area contributed by atoms with Crippen molar-refractivity contribution in [2.75, 3.05) is 19.5 Å². The van der Waals surface area contributed by atoms with Crippen LogP contribution in [0.1, 0.15) is 5.56 Å². The zero-order valence-electron chi connectivity index (χ0n) is 12.3. The van der Waals surface area contributed by atoms with Gasteiger partial charge in [-0.05, 0) is 48.1 Å². The summed E-state index contributed by atoms with van der Waals surface area (Å²) in [6.45, 7) is 0.623. The van der Waals surface area contributed by atoms with Crippen molar-refractivity contribution in [3.63, 3.8) is 0 Å². The van der Waals surface area contributed by atoms with Gasteiger partial charge in [0.15, 0.2) is 5.11 Å². The Morgan fingerprint density at radius 1 is 1.32 bits per heavy atom. The lowest BCUT2D eigenvalue weighted by Crippen LogP contribution is -2.30. The number of nitrogens with one attached hydrogen (secondary N) is 1. The second-order valence-corrected chi connectivity index (χ2v) is 5.56. The maximum atomic E-state index is 13.1. The van der Waals surface area contributed by atoms with Crippen LogP contribution in [0.4, 0.5) is 10.1 Å². The van der Waals surface area contributed by atoms with E-state index in [4.69, 9.17) is 28.6 Å². The zero-order valence-corrected chi connectivity index (χ0v) is 13.8. The third-order valence-electron chi connectivity index (χ3n) is 3.07. The van der Waals surface area contributed by atoms with E-state index in [2.05, 4.69) is 5.32 Å². The average molecular weight is 339 g/mol. The Morgan fingerprint density at radius 2 is 2.09 bits per heavy atom. The number of rotatable bonds is 4. The summed E-state index contributed by atoms with van der Waals surface area (Å²) < 4.78 is 18.3. The van der Waals surface area contributed by atoms with Crippen molar-refractivity contribution in [3.8, 4) is 5.75 Å². The Hall–Kier alpha value is -1.85. The maximum absolute atomic E-state index is 13.1. The minimum absolute atomic E-state index is 0.0586. The summed E-state index contributed by atoms with van der Waals surface area (Å²) in [5.74, 6) is 0.345. The van der Waals surface area contributed by atoms with Crippen LogP contribution in [0.15, 0.2) is 42.5 Å². The van der Waals surface area contributed by atoms with E-state index in [0.29, 0.717) is 17.3 Å². The van der Waals surface area contributed by atoms with Crippen molar-refractivity contribution in [2.24, 2.45) is 0 Å². The maximum Gasteiger partial charge on any atom is 0.173 e. The Labute approximate surface area is 139 Å². The quantitative estimate of drug-likeness (QED) is 0.839. The van der Waals surface area contributed by atoms with Crippen LogP contribution in [0.5, 0.6) is 5.75 Å². The molecule has 0 radical (unpaired) electrons. The van der Waals surface area contributed by atoms with Crippen molar-refractivity contribution < 1.29 is 9.13 Å². The molecule has 0 unspecified atom stereocenters. The van der Waals surface area contributed by atoms with Crippen LogP contribution in [-0.4, -0.2) is 24.2 Å². The van der Waals surface area contributed by atoms with Gasteiger partial charge < -0.3 is 15.0 Å². The molecule has 0 aliphatic heterocycles. The highest BCUT2D eigenvalue weighted by Crippen LogP contribution is 2.20. The number of anilines is 1. The highest BCUT2D eigenvalue weighted by atomic mass is 35.5. The van der Waals surface area contributed by atoms with Crippen LogP contribution in [0, 0.1) is 5.82 Å². The summed E-state index contributed by atoms with van der Waals surface area (Å²) in [7, 11) is 3.51. The molecule has 0 atom stereocenters. The molecule has 0 aromatic heterocycles. The lowest BCUT2D eigenvalue weighted by Gasteiger charge is -2.21. The second-order valence-electron chi connectivity index (χ2n) is 4.77. The largest absolute Gasteiger partial charge is 0.497 e. The Morgan fingerprint density at radius 3 is 2.77 bits per heavy atom. The Kier molecular flexibility index (Phi) is 5.57. The summed E-state index contributed by atoms with van der Waals surface area (Å²) in [6.07, 6.45) is 0. The second kappa shape index (κ2) is 7.42. The van der Waals surface area contributed by atoms with Gasteiger partial charge in [0.05, 0.1) is 12.1 Å². The number of hydrogen-bond acceptors (Lipinski definition) is 2. The lowest BCUT2D eigenvalue weighted by atomic mass is 10.2. The van der Waals surface area contributed by atoms with E-state index < -0.39 is 5.82 Å². The van der Waals surface area contributed by atoms with Crippen LogP contribution in [0.3, 0.4) is 0 Å². The highest BCUT2D eigenvalue weighted by Gasteiger charge is 2.08. The molecule has 0 bridgehead atoms. The third-order valence-corrected chi connectivity index (χ3v) is 3.77. The molecule has 2 aromatic rings. The first-order valence-electron chi connectivity index (χ1n) is 6.59. The van der Waals surface area contributed by atoms with Crippen molar-refractivity contribution in [1.82, 2.24) is 4.90 Å². The molecule has 3 nitrogen and oxygen atoms in total. The highest BCUT2D eigenvalue weighted by molar-refractivity contribution is 7.80. The third kappa shape index (κ3) is 4.32. The van der Waals surface area contributed by atoms with Crippen molar-refractivity contribution in [3.05, 3.63) is 58.9 Å². The number of nitrogens with zero attached hydrogens (tertiary/aromatic N) is 1. The first-order chi connectivity index (χ1) is 10.5. The van der Waals surface area contributed by atoms with Gasteiger partial charge in [0.1, 0.15) is 11.6 Å². The molecule has 0 saturated carbocycles. The molecule has 0 aliphatic rings. The van der Waals surface area contributed by atoms with Gasteiger partial charge in [-0.25, -0.2) is 4.39 Å². The minimum Gasteiger partial charge on any atom is -0.497 e. The smallest absolute Gasteiger partial charge is 0.173 e. The molecule has 0 saturated heterocycles. The summed E-state index contributed by atoms with van der Waals surface area (Å²) in [5, 5.41) is 3.61. The molecule has 22 heavy (non-hydrogen) atoms. The monoisotopic (exact) mass is 338 g/mol. The lowest BCUT2D eigenvalue weighted by molar-refractivity contribution is 0.413. The number of ether oxygens (including phenoxy) is 1. The van der Waals surface area contributed by atoms with Crippen LogP contribution < -0.4 is 10.1 Å². The van der Waals surface area contributed by atoms with Gasteiger partial charge in [-0.3, -0.25) is 0 Å². The predicted octanol–water partition coefficient (Wildman–Crippen LogP) is 4.32. The number of benzene rings is 2. The number of methoxy groups -OCH3 is 1. The molecule has 0 heterocycles. The standard InChI is InChI=1S/C16H16ClFN2OS/c1-20(10-11-4-3-5-13(8-11)21-2)16(22)19-12-6-7-15(18)14(17)9-12/h3-9H,10H2,1-2H3,(H,19,22). The topological polar surface area (TPSA) is 24.5 Å². The van der Waals surface area contributed by atoms with Crippen LogP contribution in [-0.2, 0) is 6.54 Å². The zero-order chi connectivity index (χ0) is 16.1. The molecular formula is C16H16ClFN2OS. The summed E-state index contributed by atoms with van der Waals surface area (Å²) >= 11 is 11.1. The van der Waals surface area contributed by atoms with Gasteiger partial charge in [-0.2, -0.15) is 0 Å². The molecule has 0 spiro atoms. The normalized spacial score (nSPS) is 10.2. The summed E-state index contributed by atoms with van der Waals surface area (Å²) in [5.41, 5.74) is 1.72. The van der Waals surface area contributed by atoms with E-state index in [1.165, 1.54) is 12.1 Å². The summed E-state index contributed by atoms with van der Waals surface area (Å²) in [4.78, 5) is 1.88. The molecule has 6 heteroatoms. The Balaban J connectivity index is 2.00. The predicted molar refractivity (Wildman–Crippen MR) is 92.1 cm³/mol. The Bertz CT molecular complexity index is 681. The SMILES string of the molecule is COc1cccc(CN(C)C(=S)Nc2ccc(F)c(Cl)c2)c1. The van der Waals surface area contributed by atoms with Gasteiger partial charge in [0.25, 0.3) is 0 Å². The van der Waals surface area contributed by atoms with E-state index >= 15 is 0 Å². The molecule has 0 fully saturated rings. The van der Waals surface area contributed by atoms with Gasteiger partial charge in [0, 0.05) is 19.3 Å². The van der Waals surface area contributed by atoms with E-state index in [9.17, 15) is 4.39 Å². The average Bonchev–Trinajstić information content (AvgIpc) is 2.51. The first kappa shape index (κ1) is 16.5. The first-order valence-corrected chi connectivity index (χ1v) is 7.38. The van der Waals surface area contributed by atoms with Crippen LogP contribution >= 0.6 is 23.8 Å². The number of hydrogen-bond donors (Lipinski definition) is 1. The van der Waals surface area contributed by atoms with Crippen molar-refractivity contribution in [1.29, 1.82) is 0 Å².